The van der Waals surface area contributed by atoms with Gasteiger partial charge in [-0.1, -0.05) is 47.5 Å². The summed E-state index contributed by atoms with van der Waals surface area (Å²) in [6.45, 7) is 2.11. The maximum atomic E-state index is 6.21. The van der Waals surface area contributed by atoms with Gasteiger partial charge < -0.3 is 5.32 Å². The summed E-state index contributed by atoms with van der Waals surface area (Å²) >= 11 is 6.21. The van der Waals surface area contributed by atoms with E-state index in [1.165, 1.54) is 22.4 Å². The molecule has 86 valence electrons. The van der Waals surface area contributed by atoms with E-state index in [-0.39, 0.29) is 0 Å². The van der Waals surface area contributed by atoms with E-state index in [1.54, 1.807) is 0 Å². The van der Waals surface area contributed by atoms with Crippen molar-refractivity contribution in [3.8, 4) is 0 Å². The van der Waals surface area contributed by atoms with E-state index in [0.29, 0.717) is 6.04 Å². The predicted molar refractivity (Wildman–Crippen MR) is 72.7 cm³/mol. The van der Waals surface area contributed by atoms with Gasteiger partial charge in [0.05, 0.1) is 6.04 Å². The molecule has 1 N–H and O–H groups in total. The van der Waals surface area contributed by atoms with Crippen LogP contribution in [0.2, 0.25) is 5.02 Å². The van der Waals surface area contributed by atoms with Crippen molar-refractivity contribution in [3.63, 3.8) is 0 Å². The van der Waals surface area contributed by atoms with Gasteiger partial charge in [-0.3, -0.25) is 0 Å². The number of aryl methyl sites for hydroxylation is 1. The molecule has 0 radical (unpaired) electrons. The standard InChI is InChI=1S/C15H14ClN/c1-10-5-7-11(8-6-10)15-9-12-13(16)3-2-4-14(12)17-15/h2-8,15,17H,9H2,1H3. The molecule has 0 spiro atoms. The van der Waals surface area contributed by atoms with Crippen molar-refractivity contribution in [2.24, 2.45) is 0 Å². The minimum atomic E-state index is 0.352. The molecule has 1 nitrogen and oxygen atoms in total. The molecule has 0 aromatic heterocycles. The molecular formula is C15H14ClN. The normalized spacial score (nSPS) is 17.6. The van der Waals surface area contributed by atoms with Crippen LogP contribution >= 0.6 is 11.6 Å². The van der Waals surface area contributed by atoms with Crippen LogP contribution in [-0.4, -0.2) is 0 Å². The van der Waals surface area contributed by atoms with E-state index >= 15 is 0 Å². The maximum absolute atomic E-state index is 6.21. The Morgan fingerprint density at radius 2 is 1.88 bits per heavy atom. The second-order valence-electron chi connectivity index (χ2n) is 4.58. The molecule has 0 bridgehead atoms. The SMILES string of the molecule is Cc1ccc(C2Cc3c(Cl)cccc3N2)cc1. The predicted octanol–water partition coefficient (Wildman–Crippen LogP) is 4.36. The van der Waals surface area contributed by atoms with Crippen LogP contribution in [-0.2, 0) is 6.42 Å². The molecule has 2 heteroatoms. The Labute approximate surface area is 106 Å². The molecule has 1 unspecified atom stereocenters. The lowest BCUT2D eigenvalue weighted by atomic mass is 10.0. The van der Waals surface area contributed by atoms with E-state index < -0.39 is 0 Å². The molecule has 2 aromatic rings. The van der Waals surface area contributed by atoms with E-state index in [0.717, 1.165) is 11.4 Å². The molecule has 0 aliphatic carbocycles. The van der Waals surface area contributed by atoms with Gasteiger partial charge >= 0.3 is 0 Å². The first-order chi connectivity index (χ1) is 8.24. The van der Waals surface area contributed by atoms with Gasteiger partial charge in [-0.25, -0.2) is 0 Å². The summed E-state index contributed by atoms with van der Waals surface area (Å²) in [6, 6.07) is 15.1. The van der Waals surface area contributed by atoms with E-state index in [4.69, 9.17) is 11.6 Å². The lowest BCUT2D eigenvalue weighted by Crippen LogP contribution is -2.05. The van der Waals surface area contributed by atoms with Gasteiger partial charge in [-0.2, -0.15) is 0 Å². The maximum Gasteiger partial charge on any atom is 0.0555 e. The van der Waals surface area contributed by atoms with Crippen LogP contribution in [0.4, 0.5) is 5.69 Å². The number of fused-ring (bicyclic) bond motifs is 1. The van der Waals surface area contributed by atoms with Gasteiger partial charge in [0.2, 0.25) is 0 Å². The quantitative estimate of drug-likeness (QED) is 0.785. The summed E-state index contributed by atoms with van der Waals surface area (Å²) in [4.78, 5) is 0. The van der Waals surface area contributed by atoms with Crippen LogP contribution < -0.4 is 5.32 Å². The van der Waals surface area contributed by atoms with Crippen molar-refractivity contribution in [1.82, 2.24) is 0 Å². The number of benzene rings is 2. The third-order valence-electron chi connectivity index (χ3n) is 3.34. The minimum Gasteiger partial charge on any atom is -0.378 e. The van der Waals surface area contributed by atoms with Crippen molar-refractivity contribution in [3.05, 3.63) is 64.2 Å². The van der Waals surface area contributed by atoms with Gasteiger partial charge in [0, 0.05) is 17.1 Å². The smallest absolute Gasteiger partial charge is 0.0555 e. The summed E-state index contributed by atoms with van der Waals surface area (Å²) in [6.07, 6.45) is 0.970. The summed E-state index contributed by atoms with van der Waals surface area (Å²) < 4.78 is 0. The average molecular weight is 244 g/mol. The fourth-order valence-electron chi connectivity index (χ4n) is 2.34. The molecule has 0 fully saturated rings. The van der Waals surface area contributed by atoms with Crippen molar-refractivity contribution >= 4 is 17.3 Å². The van der Waals surface area contributed by atoms with Crippen molar-refractivity contribution in [2.75, 3.05) is 5.32 Å². The van der Waals surface area contributed by atoms with Gasteiger partial charge in [0.1, 0.15) is 0 Å². The fourth-order valence-corrected chi connectivity index (χ4v) is 2.60. The lowest BCUT2D eigenvalue weighted by Gasteiger charge is -2.11. The second kappa shape index (κ2) is 4.08. The zero-order chi connectivity index (χ0) is 11.8. The number of anilines is 1. The van der Waals surface area contributed by atoms with Gasteiger partial charge in [0.15, 0.2) is 0 Å². The van der Waals surface area contributed by atoms with E-state index in [2.05, 4.69) is 42.6 Å². The Kier molecular flexibility index (Phi) is 2.56. The summed E-state index contributed by atoms with van der Waals surface area (Å²) in [5.74, 6) is 0. The Balaban J connectivity index is 1.91. The Morgan fingerprint density at radius 1 is 1.12 bits per heavy atom. The molecule has 2 aromatic carbocycles. The summed E-state index contributed by atoms with van der Waals surface area (Å²) in [5, 5.41) is 4.39. The molecule has 0 saturated carbocycles. The van der Waals surface area contributed by atoms with Crippen LogP contribution in [0, 0.1) is 6.92 Å². The molecular weight excluding hydrogens is 230 g/mol. The van der Waals surface area contributed by atoms with Crippen LogP contribution in [0.25, 0.3) is 0 Å². The minimum absolute atomic E-state index is 0.352. The molecule has 1 heterocycles. The molecule has 0 saturated heterocycles. The van der Waals surface area contributed by atoms with Gasteiger partial charge in [0.25, 0.3) is 0 Å². The first-order valence-electron chi connectivity index (χ1n) is 5.84. The van der Waals surface area contributed by atoms with Gasteiger partial charge in [-0.05, 0) is 30.2 Å². The number of hydrogen-bond acceptors (Lipinski definition) is 1. The largest absolute Gasteiger partial charge is 0.378 e. The zero-order valence-corrected chi connectivity index (χ0v) is 10.5. The van der Waals surface area contributed by atoms with E-state index in [1.807, 2.05) is 12.1 Å². The Bertz CT molecular complexity index is 545. The van der Waals surface area contributed by atoms with Crippen molar-refractivity contribution in [1.29, 1.82) is 0 Å². The topological polar surface area (TPSA) is 12.0 Å². The van der Waals surface area contributed by atoms with Crippen LogP contribution in [0.15, 0.2) is 42.5 Å². The molecule has 3 rings (SSSR count). The number of nitrogens with one attached hydrogen (secondary N) is 1. The average Bonchev–Trinajstić information content (AvgIpc) is 2.75. The molecule has 1 atom stereocenters. The van der Waals surface area contributed by atoms with Crippen LogP contribution in [0.1, 0.15) is 22.7 Å². The van der Waals surface area contributed by atoms with Crippen molar-refractivity contribution in [2.45, 2.75) is 19.4 Å². The molecule has 1 aliphatic heterocycles. The van der Waals surface area contributed by atoms with Crippen molar-refractivity contribution < 1.29 is 0 Å². The summed E-state index contributed by atoms with van der Waals surface area (Å²) in [5.41, 5.74) is 5.02. The van der Waals surface area contributed by atoms with Gasteiger partial charge in [-0.15, -0.1) is 0 Å². The second-order valence-corrected chi connectivity index (χ2v) is 4.98. The Morgan fingerprint density at radius 3 is 2.59 bits per heavy atom. The number of halogens is 1. The third kappa shape index (κ3) is 1.91. The zero-order valence-electron chi connectivity index (χ0n) is 9.70. The molecule has 0 amide bonds. The molecule has 17 heavy (non-hydrogen) atoms. The van der Waals surface area contributed by atoms with Crippen LogP contribution in [0.3, 0.4) is 0 Å². The lowest BCUT2D eigenvalue weighted by molar-refractivity contribution is 0.824. The number of rotatable bonds is 1. The Hall–Kier alpha value is -1.47. The highest BCUT2D eigenvalue weighted by molar-refractivity contribution is 6.31. The first kappa shape index (κ1) is 10.7. The highest BCUT2D eigenvalue weighted by Crippen LogP contribution is 2.37. The summed E-state index contributed by atoms with van der Waals surface area (Å²) in [7, 11) is 0. The monoisotopic (exact) mass is 243 g/mol. The highest BCUT2D eigenvalue weighted by Gasteiger charge is 2.23. The van der Waals surface area contributed by atoms with Crippen LogP contribution in [0.5, 0.6) is 0 Å². The first-order valence-corrected chi connectivity index (χ1v) is 6.22. The van der Waals surface area contributed by atoms with E-state index in [9.17, 15) is 0 Å². The fraction of sp³-hybridized carbons (Fsp3) is 0.200. The molecule has 1 aliphatic rings. The third-order valence-corrected chi connectivity index (χ3v) is 3.69. The number of hydrogen-bond donors (Lipinski definition) is 1. The highest BCUT2D eigenvalue weighted by atomic mass is 35.5.